The fourth-order valence-electron chi connectivity index (χ4n) is 2.42. The van der Waals surface area contributed by atoms with Crippen LogP contribution >= 0.6 is 0 Å². The Morgan fingerprint density at radius 1 is 1.46 bits per heavy atom. The quantitative estimate of drug-likeness (QED) is 0.455. The number of aliphatic carboxylic acids is 1. The van der Waals surface area contributed by atoms with Crippen LogP contribution in [-0.2, 0) is 4.79 Å². The molecule has 0 bridgehead atoms. The van der Waals surface area contributed by atoms with E-state index in [1.165, 1.54) is 6.08 Å². The second-order valence-corrected chi connectivity index (χ2v) is 5.57. The summed E-state index contributed by atoms with van der Waals surface area (Å²) in [4.78, 5) is 15.6. The molecule has 0 fully saturated rings. The van der Waals surface area contributed by atoms with Crippen LogP contribution < -0.4 is 4.74 Å². The molecule has 0 saturated carbocycles. The van der Waals surface area contributed by atoms with E-state index in [-0.39, 0.29) is 5.57 Å². The SMILES string of the molecule is CCCCCCOc1nc2c(C)cccn2c1/C=C(\C#N)C(=O)O. The summed E-state index contributed by atoms with van der Waals surface area (Å²) >= 11 is 0. The van der Waals surface area contributed by atoms with Crippen LogP contribution in [0.3, 0.4) is 0 Å². The first-order valence-corrected chi connectivity index (χ1v) is 8.04. The second kappa shape index (κ2) is 8.16. The van der Waals surface area contributed by atoms with E-state index < -0.39 is 5.97 Å². The van der Waals surface area contributed by atoms with Crippen LogP contribution in [0.15, 0.2) is 23.9 Å². The molecular weight excluding hydrogens is 306 g/mol. The van der Waals surface area contributed by atoms with E-state index in [0.717, 1.165) is 31.2 Å². The van der Waals surface area contributed by atoms with Crippen molar-refractivity contribution in [2.45, 2.75) is 39.5 Å². The van der Waals surface area contributed by atoms with Crippen molar-refractivity contribution in [3.8, 4) is 11.9 Å². The van der Waals surface area contributed by atoms with Crippen LogP contribution in [0.1, 0.15) is 43.9 Å². The first kappa shape index (κ1) is 17.5. The van der Waals surface area contributed by atoms with Gasteiger partial charge < -0.3 is 9.84 Å². The molecule has 2 aromatic rings. The summed E-state index contributed by atoms with van der Waals surface area (Å²) in [6.45, 7) is 4.58. The van der Waals surface area contributed by atoms with E-state index >= 15 is 0 Å². The predicted octanol–water partition coefficient (Wildman–Crippen LogP) is 3.59. The average molecular weight is 327 g/mol. The normalized spacial score (nSPS) is 11.5. The van der Waals surface area contributed by atoms with Gasteiger partial charge in [-0.1, -0.05) is 32.3 Å². The van der Waals surface area contributed by atoms with Gasteiger partial charge in [-0.15, -0.1) is 0 Å². The van der Waals surface area contributed by atoms with Crippen LogP contribution in [0.5, 0.6) is 5.88 Å². The number of imidazole rings is 1. The van der Waals surface area contributed by atoms with Crippen molar-refractivity contribution in [3.05, 3.63) is 35.2 Å². The number of carbonyl (C=O) groups is 1. The zero-order chi connectivity index (χ0) is 17.5. The van der Waals surface area contributed by atoms with Crippen molar-refractivity contribution >= 4 is 17.7 Å². The highest BCUT2D eigenvalue weighted by Gasteiger charge is 2.16. The molecule has 0 radical (unpaired) electrons. The van der Waals surface area contributed by atoms with Crippen LogP contribution in [0.4, 0.5) is 0 Å². The first-order valence-electron chi connectivity index (χ1n) is 8.04. The zero-order valence-corrected chi connectivity index (χ0v) is 14.0. The molecule has 2 aromatic heterocycles. The lowest BCUT2D eigenvalue weighted by Gasteiger charge is -2.04. The molecule has 0 saturated heterocycles. The topological polar surface area (TPSA) is 87.6 Å². The van der Waals surface area contributed by atoms with Gasteiger partial charge in [0.1, 0.15) is 23.0 Å². The molecule has 24 heavy (non-hydrogen) atoms. The number of ether oxygens (including phenoxy) is 1. The van der Waals surface area contributed by atoms with Crippen LogP contribution in [0, 0.1) is 18.3 Å². The molecule has 6 heteroatoms. The summed E-state index contributed by atoms with van der Waals surface area (Å²) in [6.07, 6.45) is 7.37. The van der Waals surface area contributed by atoms with E-state index in [2.05, 4.69) is 11.9 Å². The third kappa shape index (κ3) is 3.93. The Hall–Kier alpha value is -2.81. The van der Waals surface area contributed by atoms with E-state index in [1.54, 1.807) is 16.7 Å². The van der Waals surface area contributed by atoms with E-state index in [9.17, 15) is 4.79 Å². The number of fused-ring (bicyclic) bond motifs is 1. The van der Waals surface area contributed by atoms with Gasteiger partial charge in [-0.2, -0.15) is 10.2 Å². The van der Waals surface area contributed by atoms with Gasteiger partial charge in [0, 0.05) is 6.20 Å². The number of nitrogens with zero attached hydrogens (tertiary/aromatic N) is 3. The number of pyridine rings is 1. The molecule has 6 nitrogen and oxygen atoms in total. The molecule has 2 heterocycles. The van der Waals surface area contributed by atoms with Gasteiger partial charge in [0.2, 0.25) is 5.88 Å². The van der Waals surface area contributed by atoms with Crippen molar-refractivity contribution in [3.63, 3.8) is 0 Å². The lowest BCUT2D eigenvalue weighted by molar-refractivity contribution is -0.132. The molecule has 0 spiro atoms. The lowest BCUT2D eigenvalue weighted by Crippen LogP contribution is -2.01. The van der Waals surface area contributed by atoms with Crippen LogP contribution in [-0.4, -0.2) is 27.1 Å². The van der Waals surface area contributed by atoms with Gasteiger partial charge in [0.15, 0.2) is 0 Å². The van der Waals surface area contributed by atoms with E-state index in [1.807, 2.05) is 19.1 Å². The maximum atomic E-state index is 11.1. The Balaban J connectivity index is 2.38. The van der Waals surface area contributed by atoms with Gasteiger partial charge in [-0.3, -0.25) is 4.40 Å². The number of aromatic nitrogens is 2. The highest BCUT2D eigenvalue weighted by atomic mass is 16.5. The number of aryl methyl sites for hydroxylation is 1. The van der Waals surface area contributed by atoms with Gasteiger partial charge in [-0.05, 0) is 31.1 Å². The molecule has 126 valence electrons. The monoisotopic (exact) mass is 327 g/mol. The molecule has 0 aliphatic heterocycles. The van der Waals surface area contributed by atoms with Gasteiger partial charge >= 0.3 is 5.97 Å². The summed E-state index contributed by atoms with van der Waals surface area (Å²) < 4.78 is 7.52. The average Bonchev–Trinajstić information content (AvgIpc) is 2.91. The van der Waals surface area contributed by atoms with Gasteiger partial charge in [-0.25, -0.2) is 4.79 Å². The van der Waals surface area contributed by atoms with Crippen molar-refractivity contribution in [1.82, 2.24) is 9.38 Å². The first-order chi connectivity index (χ1) is 11.6. The highest BCUT2D eigenvalue weighted by Crippen LogP contribution is 2.25. The van der Waals surface area contributed by atoms with E-state index in [4.69, 9.17) is 15.1 Å². The number of rotatable bonds is 8. The molecule has 0 aromatic carbocycles. The van der Waals surface area contributed by atoms with Crippen molar-refractivity contribution < 1.29 is 14.6 Å². The Morgan fingerprint density at radius 2 is 2.25 bits per heavy atom. The summed E-state index contributed by atoms with van der Waals surface area (Å²) in [5.74, 6) is -0.913. The molecule has 1 N–H and O–H groups in total. The van der Waals surface area contributed by atoms with Crippen LogP contribution in [0.25, 0.3) is 11.7 Å². The third-order valence-electron chi connectivity index (χ3n) is 3.72. The Kier molecular flexibility index (Phi) is 5.96. The minimum atomic E-state index is -1.27. The summed E-state index contributed by atoms with van der Waals surface area (Å²) in [5.41, 5.74) is 1.76. The van der Waals surface area contributed by atoms with Crippen molar-refractivity contribution in [1.29, 1.82) is 5.26 Å². The minimum absolute atomic E-state index is 0.353. The fraction of sp³-hybridized carbons (Fsp3) is 0.389. The fourth-order valence-corrected chi connectivity index (χ4v) is 2.42. The van der Waals surface area contributed by atoms with Gasteiger partial charge in [0.25, 0.3) is 0 Å². The van der Waals surface area contributed by atoms with Crippen molar-refractivity contribution in [2.75, 3.05) is 6.61 Å². The number of unbranched alkanes of at least 4 members (excludes halogenated alkanes) is 3. The Morgan fingerprint density at radius 3 is 2.92 bits per heavy atom. The molecular formula is C18H21N3O3. The lowest BCUT2D eigenvalue weighted by atomic mass is 10.2. The Bertz CT molecular complexity index is 800. The predicted molar refractivity (Wildman–Crippen MR) is 90.8 cm³/mol. The number of carboxylic acids is 1. The smallest absolute Gasteiger partial charge is 0.346 e. The zero-order valence-electron chi connectivity index (χ0n) is 14.0. The highest BCUT2D eigenvalue weighted by molar-refractivity contribution is 5.96. The minimum Gasteiger partial charge on any atom is -0.477 e. The summed E-state index contributed by atoms with van der Waals surface area (Å²) in [7, 11) is 0. The summed E-state index contributed by atoms with van der Waals surface area (Å²) in [5, 5.41) is 18.1. The molecule has 0 atom stereocenters. The number of hydrogen-bond acceptors (Lipinski definition) is 4. The van der Waals surface area contributed by atoms with Gasteiger partial charge in [0.05, 0.1) is 6.61 Å². The molecule has 0 unspecified atom stereocenters. The standard InChI is InChI=1S/C18H21N3O3/c1-3-4-5-6-10-24-17-15(11-14(12-19)18(22)23)21-9-7-8-13(2)16(21)20-17/h7-9,11H,3-6,10H2,1-2H3,(H,22,23)/b14-11+. The number of carboxylic acid groups (broad SMARTS) is 1. The maximum Gasteiger partial charge on any atom is 0.346 e. The summed E-state index contributed by atoms with van der Waals surface area (Å²) in [6, 6.07) is 5.46. The number of hydrogen-bond donors (Lipinski definition) is 1. The van der Waals surface area contributed by atoms with Crippen molar-refractivity contribution in [2.24, 2.45) is 0 Å². The molecule has 0 aliphatic rings. The molecule has 0 amide bonds. The molecule has 2 rings (SSSR count). The molecule has 0 aliphatic carbocycles. The Labute approximate surface area is 141 Å². The maximum absolute atomic E-state index is 11.1. The third-order valence-corrected chi connectivity index (χ3v) is 3.72. The van der Waals surface area contributed by atoms with E-state index in [0.29, 0.717) is 23.8 Å². The largest absolute Gasteiger partial charge is 0.477 e. The second-order valence-electron chi connectivity index (χ2n) is 5.57. The van der Waals surface area contributed by atoms with Crippen LogP contribution in [0.2, 0.25) is 0 Å². The number of nitriles is 1.